The molecule has 1 atom stereocenters. The van der Waals surface area contributed by atoms with E-state index in [0.717, 1.165) is 42.4 Å². The van der Waals surface area contributed by atoms with Crippen molar-refractivity contribution in [3.05, 3.63) is 28.8 Å². The van der Waals surface area contributed by atoms with Gasteiger partial charge in [0.15, 0.2) is 0 Å². The molecule has 1 fully saturated rings. The Kier molecular flexibility index (Phi) is 4.26. The Balaban J connectivity index is 2.18. The van der Waals surface area contributed by atoms with Crippen LogP contribution in [0, 0.1) is 5.92 Å². The first-order valence-electron chi connectivity index (χ1n) is 5.88. The topological polar surface area (TPSA) is 32.7 Å². The van der Waals surface area contributed by atoms with Crippen LogP contribution in [0.4, 0.5) is 5.69 Å². The van der Waals surface area contributed by atoms with Crippen molar-refractivity contribution in [2.45, 2.75) is 13.0 Å². The molecule has 1 N–H and O–H groups in total. The van der Waals surface area contributed by atoms with E-state index < -0.39 is 0 Å². The third-order valence-electron chi connectivity index (χ3n) is 3.25. The molecule has 0 saturated carbocycles. The van der Waals surface area contributed by atoms with E-state index in [2.05, 4.69) is 4.90 Å². The van der Waals surface area contributed by atoms with E-state index in [-0.39, 0.29) is 6.61 Å². The Labute approximate surface area is 107 Å². The van der Waals surface area contributed by atoms with Gasteiger partial charge in [0.05, 0.1) is 23.9 Å². The van der Waals surface area contributed by atoms with Crippen LogP contribution in [-0.2, 0) is 11.3 Å². The van der Waals surface area contributed by atoms with E-state index in [1.54, 1.807) is 7.11 Å². The number of aliphatic hydroxyl groups excluding tert-OH is 1. The highest BCUT2D eigenvalue weighted by Gasteiger charge is 2.25. The molecular weight excluding hydrogens is 238 g/mol. The van der Waals surface area contributed by atoms with Crippen molar-refractivity contribution in [2.24, 2.45) is 5.92 Å². The lowest BCUT2D eigenvalue weighted by Crippen LogP contribution is -2.22. The number of ether oxygens (including phenoxy) is 1. The first-order valence-corrected chi connectivity index (χ1v) is 6.26. The van der Waals surface area contributed by atoms with Gasteiger partial charge in [-0.2, -0.15) is 0 Å². The predicted octanol–water partition coefficient (Wildman–Crippen LogP) is 2.31. The number of rotatable bonds is 4. The molecule has 0 bridgehead atoms. The number of halogens is 1. The fraction of sp³-hybridized carbons (Fsp3) is 0.538. The molecule has 1 heterocycles. The SMILES string of the molecule is COCC1CCN(c2c(Cl)cccc2CO)C1. The van der Waals surface area contributed by atoms with E-state index >= 15 is 0 Å². The van der Waals surface area contributed by atoms with E-state index in [1.807, 2.05) is 18.2 Å². The maximum absolute atomic E-state index is 9.36. The van der Waals surface area contributed by atoms with Gasteiger partial charge in [0.1, 0.15) is 0 Å². The van der Waals surface area contributed by atoms with Crippen LogP contribution in [-0.4, -0.2) is 31.9 Å². The summed E-state index contributed by atoms with van der Waals surface area (Å²) in [4.78, 5) is 2.25. The van der Waals surface area contributed by atoms with Gasteiger partial charge >= 0.3 is 0 Å². The summed E-state index contributed by atoms with van der Waals surface area (Å²) in [5, 5.41) is 10.1. The minimum absolute atomic E-state index is 0.0291. The van der Waals surface area contributed by atoms with E-state index in [9.17, 15) is 5.11 Å². The Hall–Kier alpha value is -0.770. The molecule has 1 aliphatic rings. The molecular formula is C13H18ClNO2. The molecule has 1 aliphatic heterocycles. The lowest BCUT2D eigenvalue weighted by molar-refractivity contribution is 0.161. The first-order chi connectivity index (χ1) is 8.26. The number of para-hydroxylation sites is 1. The summed E-state index contributed by atoms with van der Waals surface area (Å²) in [7, 11) is 1.73. The molecule has 1 unspecified atom stereocenters. The molecule has 4 heteroatoms. The van der Waals surface area contributed by atoms with Crippen molar-refractivity contribution in [1.29, 1.82) is 0 Å². The van der Waals surface area contributed by atoms with Crippen LogP contribution in [0.2, 0.25) is 5.02 Å². The zero-order chi connectivity index (χ0) is 12.3. The number of benzene rings is 1. The van der Waals surface area contributed by atoms with E-state index in [0.29, 0.717) is 5.92 Å². The molecule has 1 saturated heterocycles. The lowest BCUT2D eigenvalue weighted by Gasteiger charge is -2.22. The van der Waals surface area contributed by atoms with Crippen LogP contribution in [0.1, 0.15) is 12.0 Å². The smallest absolute Gasteiger partial charge is 0.0702 e. The molecule has 1 aromatic carbocycles. The number of methoxy groups -OCH3 is 1. The minimum atomic E-state index is 0.0291. The molecule has 1 aromatic rings. The summed E-state index contributed by atoms with van der Waals surface area (Å²) < 4.78 is 5.19. The fourth-order valence-corrected chi connectivity index (χ4v) is 2.76. The van der Waals surface area contributed by atoms with Gasteiger partial charge in [-0.05, 0) is 12.5 Å². The average Bonchev–Trinajstić information content (AvgIpc) is 2.77. The summed E-state index contributed by atoms with van der Waals surface area (Å²) in [6.07, 6.45) is 1.12. The van der Waals surface area contributed by atoms with Gasteiger partial charge in [0.2, 0.25) is 0 Å². The average molecular weight is 256 g/mol. The van der Waals surface area contributed by atoms with Crippen LogP contribution in [0.5, 0.6) is 0 Å². The van der Waals surface area contributed by atoms with Gasteiger partial charge in [-0.15, -0.1) is 0 Å². The van der Waals surface area contributed by atoms with Crippen LogP contribution in [0.15, 0.2) is 18.2 Å². The third kappa shape index (κ3) is 2.73. The third-order valence-corrected chi connectivity index (χ3v) is 3.55. The second kappa shape index (κ2) is 5.71. The quantitative estimate of drug-likeness (QED) is 0.896. The molecule has 2 rings (SSSR count). The summed E-state index contributed by atoms with van der Waals surface area (Å²) in [5.41, 5.74) is 1.88. The van der Waals surface area contributed by atoms with Crippen LogP contribution < -0.4 is 4.90 Å². The van der Waals surface area contributed by atoms with Gasteiger partial charge < -0.3 is 14.7 Å². The number of anilines is 1. The zero-order valence-electron chi connectivity index (χ0n) is 10.0. The van der Waals surface area contributed by atoms with E-state index in [1.165, 1.54) is 0 Å². The molecule has 0 aromatic heterocycles. The number of hydrogen-bond acceptors (Lipinski definition) is 3. The second-order valence-electron chi connectivity index (χ2n) is 4.46. The highest BCUT2D eigenvalue weighted by Crippen LogP contribution is 2.33. The van der Waals surface area contributed by atoms with Crippen LogP contribution >= 0.6 is 11.6 Å². The Bertz CT molecular complexity index is 384. The molecule has 0 spiro atoms. The van der Waals surface area contributed by atoms with Crippen molar-refractivity contribution in [2.75, 3.05) is 31.7 Å². The van der Waals surface area contributed by atoms with Gasteiger partial charge in [-0.3, -0.25) is 0 Å². The van der Waals surface area contributed by atoms with Gasteiger partial charge in [0.25, 0.3) is 0 Å². The molecule has 0 radical (unpaired) electrons. The Morgan fingerprint density at radius 3 is 3.06 bits per heavy atom. The van der Waals surface area contributed by atoms with E-state index in [4.69, 9.17) is 16.3 Å². The highest BCUT2D eigenvalue weighted by atomic mass is 35.5. The Morgan fingerprint density at radius 2 is 2.35 bits per heavy atom. The summed E-state index contributed by atoms with van der Waals surface area (Å²) >= 11 is 6.23. The fourth-order valence-electron chi connectivity index (χ4n) is 2.45. The van der Waals surface area contributed by atoms with Gasteiger partial charge in [-0.25, -0.2) is 0 Å². The largest absolute Gasteiger partial charge is 0.392 e. The number of aliphatic hydroxyl groups is 1. The van der Waals surface area contributed by atoms with Crippen LogP contribution in [0.25, 0.3) is 0 Å². The maximum atomic E-state index is 9.36. The standard InChI is InChI=1S/C13H18ClNO2/c1-17-9-10-5-6-15(7-10)13-11(8-16)3-2-4-12(13)14/h2-4,10,16H,5-9H2,1H3. The minimum Gasteiger partial charge on any atom is -0.392 e. The zero-order valence-corrected chi connectivity index (χ0v) is 10.8. The van der Waals surface area contributed by atoms with Crippen molar-refractivity contribution >= 4 is 17.3 Å². The van der Waals surface area contributed by atoms with Crippen LogP contribution in [0.3, 0.4) is 0 Å². The highest BCUT2D eigenvalue weighted by molar-refractivity contribution is 6.33. The summed E-state index contributed by atoms with van der Waals surface area (Å²) in [5.74, 6) is 0.558. The number of nitrogens with zero attached hydrogens (tertiary/aromatic N) is 1. The number of hydrogen-bond donors (Lipinski definition) is 1. The molecule has 3 nitrogen and oxygen atoms in total. The van der Waals surface area contributed by atoms with Crippen molar-refractivity contribution in [1.82, 2.24) is 0 Å². The lowest BCUT2D eigenvalue weighted by atomic mass is 10.1. The molecule has 17 heavy (non-hydrogen) atoms. The molecule has 94 valence electrons. The monoisotopic (exact) mass is 255 g/mol. The van der Waals surface area contributed by atoms with Gasteiger partial charge in [0, 0.05) is 31.7 Å². The maximum Gasteiger partial charge on any atom is 0.0702 e. The molecule has 0 amide bonds. The normalized spacial score (nSPS) is 19.9. The van der Waals surface area contributed by atoms with Crippen molar-refractivity contribution in [3.63, 3.8) is 0 Å². The van der Waals surface area contributed by atoms with Gasteiger partial charge in [-0.1, -0.05) is 23.7 Å². The molecule has 0 aliphatic carbocycles. The second-order valence-corrected chi connectivity index (χ2v) is 4.87. The van der Waals surface area contributed by atoms with Crippen molar-refractivity contribution in [3.8, 4) is 0 Å². The Morgan fingerprint density at radius 1 is 1.53 bits per heavy atom. The summed E-state index contributed by atoms with van der Waals surface area (Å²) in [6.45, 7) is 2.74. The predicted molar refractivity (Wildman–Crippen MR) is 69.6 cm³/mol. The first kappa shape index (κ1) is 12.7. The summed E-state index contributed by atoms with van der Waals surface area (Å²) in [6, 6.07) is 5.67. The van der Waals surface area contributed by atoms with Crippen molar-refractivity contribution < 1.29 is 9.84 Å².